The number of esters is 1. The zero-order chi connectivity index (χ0) is 15.1. The third-order valence-electron chi connectivity index (χ3n) is 2.93. The summed E-state index contributed by atoms with van der Waals surface area (Å²) in [4.78, 5) is 11.6. The first-order chi connectivity index (χ1) is 10.2. The van der Waals surface area contributed by atoms with Crippen LogP contribution in [0.15, 0.2) is 53.5 Å². The van der Waals surface area contributed by atoms with E-state index in [0.29, 0.717) is 18.7 Å². The van der Waals surface area contributed by atoms with Gasteiger partial charge in [-0.05, 0) is 31.2 Å². The lowest BCUT2D eigenvalue weighted by atomic mass is 10.1. The summed E-state index contributed by atoms with van der Waals surface area (Å²) in [6.07, 6.45) is 1.80. The van der Waals surface area contributed by atoms with Crippen LogP contribution in [-0.4, -0.2) is 19.1 Å². The van der Waals surface area contributed by atoms with Crippen LogP contribution in [0.5, 0.6) is 0 Å². The van der Waals surface area contributed by atoms with Gasteiger partial charge in [-0.2, -0.15) is 0 Å². The number of rotatable bonds is 7. The molecule has 2 aromatic rings. The van der Waals surface area contributed by atoms with Crippen molar-refractivity contribution < 1.29 is 13.9 Å². The van der Waals surface area contributed by atoms with E-state index in [0.717, 1.165) is 23.6 Å². The summed E-state index contributed by atoms with van der Waals surface area (Å²) in [6.45, 7) is 7.21. The number of carbonyl (C=O) groups is 1. The van der Waals surface area contributed by atoms with Crippen molar-refractivity contribution in [3.05, 3.63) is 60.4 Å². The molecule has 0 bridgehead atoms. The summed E-state index contributed by atoms with van der Waals surface area (Å²) in [7, 11) is 0. The predicted molar refractivity (Wildman–Crippen MR) is 89.3 cm³/mol. The largest absolute Gasteiger partial charge is 0.462 e. The molecule has 22 heavy (non-hydrogen) atoms. The Bertz CT molecular complexity index is 605. The summed E-state index contributed by atoms with van der Waals surface area (Å²) < 4.78 is 10.7. The Morgan fingerprint density at radius 3 is 2.64 bits per heavy atom. The summed E-state index contributed by atoms with van der Waals surface area (Å²) in [5.41, 5.74) is 1.47. The molecule has 0 fully saturated rings. The number of ether oxygens (including phenoxy) is 1. The Hall–Kier alpha value is -2.04. The SMILES string of the molecule is C=CCNCc1ccc(-c2ccc(C(=O)OCC)cc2)o1.Cl. The lowest BCUT2D eigenvalue weighted by Crippen LogP contribution is -2.11. The summed E-state index contributed by atoms with van der Waals surface area (Å²) in [5.74, 6) is 1.33. The minimum Gasteiger partial charge on any atom is -0.462 e. The van der Waals surface area contributed by atoms with E-state index in [1.165, 1.54) is 0 Å². The van der Waals surface area contributed by atoms with Crippen molar-refractivity contribution in [2.75, 3.05) is 13.2 Å². The fourth-order valence-corrected chi connectivity index (χ4v) is 1.91. The van der Waals surface area contributed by atoms with Gasteiger partial charge in [0.1, 0.15) is 11.5 Å². The van der Waals surface area contributed by atoms with Gasteiger partial charge in [-0.25, -0.2) is 4.79 Å². The molecule has 0 unspecified atom stereocenters. The third kappa shape index (κ3) is 4.76. The third-order valence-corrected chi connectivity index (χ3v) is 2.93. The molecule has 0 saturated heterocycles. The first-order valence-electron chi connectivity index (χ1n) is 6.92. The van der Waals surface area contributed by atoms with Crippen LogP contribution < -0.4 is 5.32 Å². The van der Waals surface area contributed by atoms with E-state index >= 15 is 0 Å². The first kappa shape index (κ1) is 18.0. The standard InChI is InChI=1S/C17H19NO3.ClH/c1-3-11-18-12-15-9-10-16(21-15)13-5-7-14(8-6-13)17(19)20-4-2;/h3,5-10,18H,1,4,11-12H2,2H3;1H. The average Bonchev–Trinajstić information content (AvgIpc) is 2.97. The predicted octanol–water partition coefficient (Wildman–Crippen LogP) is 3.82. The molecule has 1 aromatic carbocycles. The Morgan fingerprint density at radius 1 is 1.27 bits per heavy atom. The zero-order valence-corrected chi connectivity index (χ0v) is 13.3. The van der Waals surface area contributed by atoms with E-state index in [-0.39, 0.29) is 18.4 Å². The first-order valence-corrected chi connectivity index (χ1v) is 6.92. The van der Waals surface area contributed by atoms with Gasteiger partial charge < -0.3 is 14.5 Å². The van der Waals surface area contributed by atoms with Crippen LogP contribution >= 0.6 is 12.4 Å². The smallest absolute Gasteiger partial charge is 0.338 e. The molecular formula is C17H20ClNO3. The molecule has 0 aliphatic carbocycles. The van der Waals surface area contributed by atoms with Crippen molar-refractivity contribution >= 4 is 18.4 Å². The molecule has 0 amide bonds. The molecule has 1 heterocycles. The molecular weight excluding hydrogens is 302 g/mol. The Labute approximate surface area is 136 Å². The molecule has 5 heteroatoms. The maximum Gasteiger partial charge on any atom is 0.338 e. The summed E-state index contributed by atoms with van der Waals surface area (Å²) in [5, 5.41) is 3.18. The fraction of sp³-hybridized carbons (Fsp3) is 0.235. The number of benzene rings is 1. The average molecular weight is 322 g/mol. The van der Waals surface area contributed by atoms with E-state index in [1.54, 1.807) is 25.1 Å². The Kier molecular flexibility index (Phi) is 7.43. The van der Waals surface area contributed by atoms with Gasteiger partial charge in [-0.15, -0.1) is 19.0 Å². The van der Waals surface area contributed by atoms with Crippen LogP contribution in [0.2, 0.25) is 0 Å². The summed E-state index contributed by atoms with van der Waals surface area (Å²) >= 11 is 0. The van der Waals surface area contributed by atoms with Crippen molar-refractivity contribution in [2.45, 2.75) is 13.5 Å². The highest BCUT2D eigenvalue weighted by Gasteiger charge is 2.08. The lowest BCUT2D eigenvalue weighted by Gasteiger charge is -2.03. The van der Waals surface area contributed by atoms with E-state index in [4.69, 9.17) is 9.15 Å². The van der Waals surface area contributed by atoms with Crippen LogP contribution in [0.3, 0.4) is 0 Å². The van der Waals surface area contributed by atoms with E-state index in [1.807, 2.05) is 24.3 Å². The van der Waals surface area contributed by atoms with Crippen LogP contribution in [0.1, 0.15) is 23.0 Å². The molecule has 0 aliphatic heterocycles. The van der Waals surface area contributed by atoms with Gasteiger partial charge in [0.15, 0.2) is 0 Å². The number of hydrogen-bond donors (Lipinski definition) is 1. The van der Waals surface area contributed by atoms with Crippen LogP contribution in [0.4, 0.5) is 0 Å². The van der Waals surface area contributed by atoms with E-state index in [2.05, 4.69) is 11.9 Å². The van der Waals surface area contributed by atoms with Crippen LogP contribution in [-0.2, 0) is 11.3 Å². The minimum atomic E-state index is -0.308. The molecule has 0 spiro atoms. The normalized spacial score (nSPS) is 9.86. The highest BCUT2D eigenvalue weighted by atomic mass is 35.5. The van der Waals surface area contributed by atoms with Crippen molar-refractivity contribution in [2.24, 2.45) is 0 Å². The lowest BCUT2D eigenvalue weighted by molar-refractivity contribution is 0.0526. The number of carbonyl (C=O) groups excluding carboxylic acids is 1. The van der Waals surface area contributed by atoms with Crippen molar-refractivity contribution in [1.29, 1.82) is 0 Å². The van der Waals surface area contributed by atoms with Crippen LogP contribution in [0.25, 0.3) is 11.3 Å². The molecule has 0 saturated carbocycles. The van der Waals surface area contributed by atoms with Crippen molar-refractivity contribution in [3.63, 3.8) is 0 Å². The maximum atomic E-state index is 11.6. The minimum absolute atomic E-state index is 0. The maximum absolute atomic E-state index is 11.6. The topological polar surface area (TPSA) is 51.5 Å². The molecule has 118 valence electrons. The second-order valence-electron chi connectivity index (χ2n) is 4.48. The number of halogens is 1. The molecule has 1 aromatic heterocycles. The number of furan rings is 1. The zero-order valence-electron chi connectivity index (χ0n) is 12.5. The molecule has 4 nitrogen and oxygen atoms in total. The summed E-state index contributed by atoms with van der Waals surface area (Å²) in [6, 6.07) is 11.0. The molecule has 0 aliphatic rings. The van der Waals surface area contributed by atoms with Crippen molar-refractivity contribution in [1.82, 2.24) is 5.32 Å². The van der Waals surface area contributed by atoms with Gasteiger partial charge in [0.2, 0.25) is 0 Å². The number of hydrogen-bond acceptors (Lipinski definition) is 4. The second kappa shape index (κ2) is 9.07. The molecule has 0 radical (unpaired) electrons. The monoisotopic (exact) mass is 321 g/mol. The number of nitrogens with one attached hydrogen (secondary N) is 1. The fourth-order valence-electron chi connectivity index (χ4n) is 1.91. The van der Waals surface area contributed by atoms with Crippen molar-refractivity contribution in [3.8, 4) is 11.3 Å². The van der Waals surface area contributed by atoms with Crippen LogP contribution in [0, 0.1) is 0 Å². The highest BCUT2D eigenvalue weighted by molar-refractivity contribution is 5.89. The quantitative estimate of drug-likeness (QED) is 0.478. The van der Waals surface area contributed by atoms with Gasteiger partial charge in [0.05, 0.1) is 18.7 Å². The van der Waals surface area contributed by atoms with E-state index in [9.17, 15) is 4.79 Å². The Morgan fingerprint density at radius 2 is 2.00 bits per heavy atom. The highest BCUT2D eigenvalue weighted by Crippen LogP contribution is 2.22. The second-order valence-corrected chi connectivity index (χ2v) is 4.48. The molecule has 2 rings (SSSR count). The van der Waals surface area contributed by atoms with Gasteiger partial charge in [-0.1, -0.05) is 18.2 Å². The Balaban J connectivity index is 0.00000242. The van der Waals surface area contributed by atoms with Gasteiger partial charge in [0, 0.05) is 12.1 Å². The molecule has 0 atom stereocenters. The molecule has 1 N–H and O–H groups in total. The van der Waals surface area contributed by atoms with Gasteiger partial charge in [-0.3, -0.25) is 0 Å². The van der Waals surface area contributed by atoms with E-state index < -0.39 is 0 Å². The van der Waals surface area contributed by atoms with Gasteiger partial charge >= 0.3 is 5.97 Å². The van der Waals surface area contributed by atoms with Gasteiger partial charge in [0.25, 0.3) is 0 Å².